The topological polar surface area (TPSA) is 82.6 Å². The molecule has 2 aromatic rings. The number of nitrogens with one attached hydrogen (secondary N) is 1. The second-order valence-electron chi connectivity index (χ2n) is 7.42. The highest BCUT2D eigenvalue weighted by atomic mass is 32.2. The molecule has 1 N–H and O–H groups in total. The molecule has 0 aliphatic carbocycles. The van der Waals surface area contributed by atoms with Crippen LogP contribution in [-0.4, -0.2) is 62.1 Å². The van der Waals surface area contributed by atoms with Crippen LogP contribution in [0.4, 0.5) is 5.82 Å². The maximum atomic E-state index is 12.6. The van der Waals surface area contributed by atoms with Crippen LogP contribution >= 0.6 is 0 Å². The maximum Gasteiger partial charge on any atom is 0.251 e. The fraction of sp³-hybridized carbons (Fsp3) is 0.429. The van der Waals surface area contributed by atoms with Crippen LogP contribution in [0.1, 0.15) is 35.7 Å². The van der Waals surface area contributed by atoms with Crippen LogP contribution < -0.4 is 10.2 Å². The van der Waals surface area contributed by atoms with Crippen LogP contribution in [0.15, 0.2) is 48.7 Å². The number of nitrogens with zero attached hydrogens (tertiary/aromatic N) is 3. The van der Waals surface area contributed by atoms with Crippen molar-refractivity contribution in [2.24, 2.45) is 0 Å². The van der Waals surface area contributed by atoms with Gasteiger partial charge in [-0.3, -0.25) is 4.79 Å². The van der Waals surface area contributed by atoms with Gasteiger partial charge in [0.15, 0.2) is 0 Å². The number of anilines is 1. The van der Waals surface area contributed by atoms with E-state index in [2.05, 4.69) is 29.0 Å². The van der Waals surface area contributed by atoms with Crippen molar-refractivity contribution in [2.75, 3.05) is 43.4 Å². The highest BCUT2D eigenvalue weighted by molar-refractivity contribution is 7.89. The van der Waals surface area contributed by atoms with Crippen LogP contribution in [-0.2, 0) is 10.0 Å². The number of rotatable bonds is 7. The molecule has 1 amide bonds. The monoisotopic (exact) mass is 416 g/mol. The number of hydrogen-bond acceptors (Lipinski definition) is 5. The van der Waals surface area contributed by atoms with Crippen molar-refractivity contribution >= 4 is 21.7 Å². The van der Waals surface area contributed by atoms with Crippen molar-refractivity contribution in [3.8, 4) is 0 Å². The van der Waals surface area contributed by atoms with Gasteiger partial charge in [-0.1, -0.05) is 32.0 Å². The van der Waals surface area contributed by atoms with Crippen molar-refractivity contribution in [1.82, 2.24) is 14.6 Å². The highest BCUT2D eigenvalue weighted by Gasteiger charge is 2.27. The fourth-order valence-electron chi connectivity index (χ4n) is 3.28. The molecule has 1 aromatic heterocycles. The Labute approximate surface area is 172 Å². The van der Waals surface area contributed by atoms with E-state index >= 15 is 0 Å². The van der Waals surface area contributed by atoms with E-state index in [1.165, 1.54) is 4.31 Å². The Morgan fingerprint density at radius 1 is 1.07 bits per heavy atom. The van der Waals surface area contributed by atoms with Gasteiger partial charge in [0.05, 0.1) is 5.75 Å². The van der Waals surface area contributed by atoms with Crippen molar-refractivity contribution in [1.29, 1.82) is 0 Å². The molecule has 29 heavy (non-hydrogen) atoms. The molecule has 0 bridgehead atoms. The number of amides is 1. The molecule has 1 fully saturated rings. The second kappa shape index (κ2) is 9.37. The molecule has 3 rings (SSSR count). The zero-order valence-corrected chi connectivity index (χ0v) is 17.7. The lowest BCUT2D eigenvalue weighted by Gasteiger charge is -2.34. The van der Waals surface area contributed by atoms with E-state index in [-0.39, 0.29) is 18.2 Å². The van der Waals surface area contributed by atoms with Gasteiger partial charge in [0.1, 0.15) is 5.82 Å². The predicted molar refractivity (Wildman–Crippen MR) is 115 cm³/mol. The van der Waals surface area contributed by atoms with Gasteiger partial charge in [0, 0.05) is 44.5 Å². The zero-order valence-electron chi connectivity index (χ0n) is 16.9. The molecule has 8 heteroatoms. The van der Waals surface area contributed by atoms with Crippen LogP contribution in [0.2, 0.25) is 0 Å². The lowest BCUT2D eigenvalue weighted by Crippen LogP contribution is -2.50. The normalized spacial score (nSPS) is 15.5. The first-order valence-corrected chi connectivity index (χ1v) is 11.5. The number of benzene rings is 1. The number of piperazine rings is 1. The molecule has 0 radical (unpaired) electrons. The Hall–Kier alpha value is -2.45. The summed E-state index contributed by atoms with van der Waals surface area (Å²) in [5, 5.41) is 2.71. The molecule has 0 spiro atoms. The lowest BCUT2D eigenvalue weighted by atomic mass is 10.0. The van der Waals surface area contributed by atoms with Gasteiger partial charge in [-0.15, -0.1) is 0 Å². The van der Waals surface area contributed by atoms with Crippen molar-refractivity contribution in [2.45, 2.75) is 19.8 Å². The van der Waals surface area contributed by atoms with Gasteiger partial charge in [0.25, 0.3) is 5.91 Å². The summed E-state index contributed by atoms with van der Waals surface area (Å²) >= 11 is 0. The summed E-state index contributed by atoms with van der Waals surface area (Å²) in [6.07, 6.45) is 1.73. The van der Waals surface area contributed by atoms with Crippen LogP contribution in [0.25, 0.3) is 0 Å². The number of hydrogen-bond donors (Lipinski definition) is 1. The quantitative estimate of drug-likeness (QED) is 0.747. The number of aromatic nitrogens is 1. The van der Waals surface area contributed by atoms with Crippen molar-refractivity contribution in [3.05, 3.63) is 59.8 Å². The first kappa shape index (κ1) is 21.3. The molecule has 2 heterocycles. The molecule has 156 valence electrons. The molecule has 0 saturated carbocycles. The molecule has 0 unspecified atom stereocenters. The average Bonchev–Trinajstić information content (AvgIpc) is 2.74. The molecule has 1 saturated heterocycles. The molecular formula is C21H28N4O3S. The zero-order chi connectivity index (χ0) is 20.9. The third kappa shape index (κ3) is 5.55. The minimum absolute atomic E-state index is 0.0908. The summed E-state index contributed by atoms with van der Waals surface area (Å²) in [6.45, 7) is 6.32. The van der Waals surface area contributed by atoms with Gasteiger partial charge in [0.2, 0.25) is 10.0 Å². The first-order chi connectivity index (χ1) is 13.9. The third-order valence-corrected chi connectivity index (χ3v) is 6.96. The van der Waals surface area contributed by atoms with Crippen molar-refractivity contribution in [3.63, 3.8) is 0 Å². The highest BCUT2D eigenvalue weighted by Crippen LogP contribution is 2.16. The minimum Gasteiger partial charge on any atom is -0.354 e. The van der Waals surface area contributed by atoms with E-state index in [4.69, 9.17) is 0 Å². The van der Waals surface area contributed by atoms with Crippen LogP contribution in [0.5, 0.6) is 0 Å². The SMILES string of the molecule is CC(C)c1ccc(C(=O)NCCS(=O)(=O)N2CCN(c3ccccn3)CC2)cc1. The van der Waals surface area contributed by atoms with Gasteiger partial charge < -0.3 is 10.2 Å². The lowest BCUT2D eigenvalue weighted by molar-refractivity contribution is 0.0956. The van der Waals surface area contributed by atoms with E-state index in [0.29, 0.717) is 37.7 Å². The summed E-state index contributed by atoms with van der Waals surface area (Å²) in [4.78, 5) is 18.6. The van der Waals surface area contributed by atoms with Crippen LogP contribution in [0.3, 0.4) is 0 Å². The van der Waals surface area contributed by atoms with Gasteiger partial charge in [-0.25, -0.2) is 13.4 Å². The van der Waals surface area contributed by atoms with E-state index in [9.17, 15) is 13.2 Å². The smallest absolute Gasteiger partial charge is 0.251 e. The van der Waals surface area contributed by atoms with E-state index < -0.39 is 10.0 Å². The number of sulfonamides is 1. The summed E-state index contributed by atoms with van der Waals surface area (Å²) in [6, 6.07) is 13.1. The third-order valence-electron chi connectivity index (χ3n) is 5.09. The van der Waals surface area contributed by atoms with E-state index in [1.54, 1.807) is 18.3 Å². The molecule has 7 nitrogen and oxygen atoms in total. The van der Waals surface area contributed by atoms with Gasteiger partial charge in [-0.05, 0) is 35.7 Å². The first-order valence-electron chi connectivity index (χ1n) is 9.89. The average molecular weight is 417 g/mol. The molecule has 1 aliphatic heterocycles. The van der Waals surface area contributed by atoms with Gasteiger partial charge >= 0.3 is 0 Å². The fourth-order valence-corrected chi connectivity index (χ4v) is 4.62. The second-order valence-corrected chi connectivity index (χ2v) is 9.51. The Balaban J connectivity index is 1.47. The molecule has 1 aliphatic rings. The predicted octanol–water partition coefficient (Wildman–Crippen LogP) is 2.09. The Morgan fingerprint density at radius 2 is 1.76 bits per heavy atom. The summed E-state index contributed by atoms with van der Waals surface area (Å²) in [5.41, 5.74) is 1.70. The number of carbonyl (C=O) groups excluding carboxylic acids is 1. The number of pyridine rings is 1. The Bertz CT molecular complexity index is 907. The number of carbonyl (C=O) groups is 1. The van der Waals surface area contributed by atoms with Gasteiger partial charge in [-0.2, -0.15) is 4.31 Å². The maximum absolute atomic E-state index is 12.6. The standard InChI is InChI=1S/C21H28N4O3S/c1-17(2)18-6-8-19(9-7-18)21(26)23-11-16-29(27,28)25-14-12-24(13-15-25)20-5-3-4-10-22-20/h3-10,17H,11-16H2,1-2H3,(H,23,26). The Morgan fingerprint density at radius 3 is 2.34 bits per heavy atom. The van der Waals surface area contributed by atoms with E-state index in [1.807, 2.05) is 30.3 Å². The largest absolute Gasteiger partial charge is 0.354 e. The Kier molecular flexibility index (Phi) is 6.87. The summed E-state index contributed by atoms with van der Waals surface area (Å²) in [7, 11) is -3.41. The molecule has 1 aromatic carbocycles. The molecule has 0 atom stereocenters. The summed E-state index contributed by atoms with van der Waals surface area (Å²) in [5.74, 6) is 0.901. The summed E-state index contributed by atoms with van der Waals surface area (Å²) < 4.78 is 26.7. The minimum atomic E-state index is -3.41. The van der Waals surface area contributed by atoms with Crippen LogP contribution in [0, 0.1) is 0 Å². The van der Waals surface area contributed by atoms with E-state index in [0.717, 1.165) is 11.4 Å². The molecular weight excluding hydrogens is 388 g/mol. The van der Waals surface area contributed by atoms with Crippen molar-refractivity contribution < 1.29 is 13.2 Å².